The highest BCUT2D eigenvalue weighted by Crippen LogP contribution is 2.03. The summed E-state index contributed by atoms with van der Waals surface area (Å²) in [5, 5.41) is 0. The van der Waals surface area contributed by atoms with Gasteiger partial charge in [-0.2, -0.15) is 0 Å². The van der Waals surface area contributed by atoms with Crippen LogP contribution in [-0.4, -0.2) is 0 Å². The monoisotopic (exact) mass is 170 g/mol. The molecule has 0 amide bonds. The minimum Gasteiger partial charge on any atom is -0.120 e. The fourth-order valence-corrected chi connectivity index (χ4v) is 1.11. The zero-order chi connectivity index (χ0) is 9.36. The van der Waals surface area contributed by atoms with E-state index in [1.807, 2.05) is 18.2 Å². The summed E-state index contributed by atoms with van der Waals surface area (Å²) in [6.45, 7) is 0. The van der Waals surface area contributed by atoms with E-state index >= 15 is 0 Å². The van der Waals surface area contributed by atoms with Gasteiger partial charge in [-0.15, -0.1) is 12.3 Å². The first-order chi connectivity index (χ1) is 6.43. The maximum atomic E-state index is 5.15. The lowest BCUT2D eigenvalue weighted by atomic mass is 10.2. The van der Waals surface area contributed by atoms with Crippen LogP contribution in [0.25, 0.3) is 6.08 Å². The summed E-state index contributed by atoms with van der Waals surface area (Å²) in [7, 11) is 0. The third-order valence-electron chi connectivity index (χ3n) is 1.80. The fraction of sp³-hybridized carbons (Fsp3) is 0.231. The molecule has 0 spiro atoms. The number of rotatable bonds is 4. The van der Waals surface area contributed by atoms with Gasteiger partial charge in [0, 0.05) is 6.42 Å². The Labute approximate surface area is 80.3 Å². The summed E-state index contributed by atoms with van der Waals surface area (Å²) in [5.41, 5.74) is 1.25. The first kappa shape index (κ1) is 9.61. The summed E-state index contributed by atoms with van der Waals surface area (Å²) in [6, 6.07) is 10.3. The van der Waals surface area contributed by atoms with Crippen LogP contribution >= 0.6 is 0 Å². The summed E-state index contributed by atoms with van der Waals surface area (Å²) in [6.07, 6.45) is 12.5. The molecular formula is C13H14. The van der Waals surface area contributed by atoms with E-state index in [2.05, 4.69) is 30.2 Å². The van der Waals surface area contributed by atoms with Crippen molar-refractivity contribution in [1.82, 2.24) is 0 Å². The third-order valence-corrected chi connectivity index (χ3v) is 1.80. The number of hydrogen-bond acceptors (Lipinski definition) is 0. The standard InChI is InChI=1S/C13H14/c1-2-3-4-5-7-10-13-11-8-6-9-12-13/h1,6-12H,3-5H2. The minimum atomic E-state index is 0.874. The Bertz CT molecular complexity index is 288. The van der Waals surface area contributed by atoms with Crippen LogP contribution in [0.4, 0.5) is 0 Å². The third kappa shape index (κ3) is 4.18. The van der Waals surface area contributed by atoms with Crippen LogP contribution in [-0.2, 0) is 0 Å². The van der Waals surface area contributed by atoms with Crippen LogP contribution < -0.4 is 0 Å². The van der Waals surface area contributed by atoms with E-state index in [1.54, 1.807) is 0 Å². The van der Waals surface area contributed by atoms with E-state index in [0.29, 0.717) is 0 Å². The van der Waals surface area contributed by atoms with Crippen molar-refractivity contribution in [2.75, 3.05) is 0 Å². The van der Waals surface area contributed by atoms with Gasteiger partial charge in [0.1, 0.15) is 0 Å². The largest absolute Gasteiger partial charge is 0.120 e. The second-order valence-corrected chi connectivity index (χ2v) is 2.91. The quantitative estimate of drug-likeness (QED) is 0.479. The van der Waals surface area contributed by atoms with Crippen LogP contribution in [0.3, 0.4) is 0 Å². The number of hydrogen-bond donors (Lipinski definition) is 0. The van der Waals surface area contributed by atoms with Crippen molar-refractivity contribution in [3.05, 3.63) is 42.0 Å². The van der Waals surface area contributed by atoms with Crippen LogP contribution in [0, 0.1) is 12.3 Å². The molecular weight excluding hydrogens is 156 g/mol. The molecule has 0 aliphatic rings. The number of allylic oxidation sites excluding steroid dienone is 1. The molecule has 0 aliphatic carbocycles. The average Bonchev–Trinajstić information content (AvgIpc) is 2.19. The lowest BCUT2D eigenvalue weighted by Crippen LogP contribution is -1.70. The highest BCUT2D eigenvalue weighted by molar-refractivity contribution is 5.48. The van der Waals surface area contributed by atoms with Gasteiger partial charge in [-0.3, -0.25) is 0 Å². The van der Waals surface area contributed by atoms with Crippen molar-refractivity contribution in [1.29, 1.82) is 0 Å². The van der Waals surface area contributed by atoms with E-state index in [4.69, 9.17) is 6.42 Å². The molecule has 0 heterocycles. The molecule has 0 fully saturated rings. The summed E-state index contributed by atoms with van der Waals surface area (Å²) in [5.74, 6) is 2.63. The van der Waals surface area contributed by atoms with Crippen LogP contribution in [0.15, 0.2) is 36.4 Å². The van der Waals surface area contributed by atoms with Crippen LogP contribution in [0.5, 0.6) is 0 Å². The minimum absolute atomic E-state index is 0.874. The molecule has 0 aromatic heterocycles. The summed E-state index contributed by atoms with van der Waals surface area (Å²) >= 11 is 0. The lowest BCUT2D eigenvalue weighted by molar-refractivity contribution is 0.888. The van der Waals surface area contributed by atoms with Crippen LogP contribution in [0.2, 0.25) is 0 Å². The number of benzene rings is 1. The van der Waals surface area contributed by atoms with Crippen molar-refractivity contribution >= 4 is 6.08 Å². The zero-order valence-corrected chi connectivity index (χ0v) is 7.74. The number of terminal acetylenes is 1. The maximum absolute atomic E-state index is 5.15. The molecule has 0 aliphatic heterocycles. The van der Waals surface area contributed by atoms with Gasteiger partial charge in [-0.25, -0.2) is 0 Å². The molecule has 1 aromatic rings. The second-order valence-electron chi connectivity index (χ2n) is 2.91. The first-order valence-corrected chi connectivity index (χ1v) is 4.58. The molecule has 0 nitrogen and oxygen atoms in total. The van der Waals surface area contributed by atoms with Crippen molar-refractivity contribution in [3.8, 4) is 12.3 Å². The SMILES string of the molecule is C#CCCCC=Cc1ccccc1. The summed E-state index contributed by atoms with van der Waals surface area (Å²) in [4.78, 5) is 0. The van der Waals surface area contributed by atoms with Crippen molar-refractivity contribution in [3.63, 3.8) is 0 Å². The van der Waals surface area contributed by atoms with E-state index in [9.17, 15) is 0 Å². The number of unbranched alkanes of at least 4 members (excludes halogenated alkanes) is 2. The molecule has 0 saturated heterocycles. The Balaban J connectivity index is 2.29. The second kappa shape index (κ2) is 6.08. The van der Waals surface area contributed by atoms with Crippen molar-refractivity contribution < 1.29 is 0 Å². The normalized spacial score (nSPS) is 10.1. The Morgan fingerprint density at radius 1 is 1.23 bits per heavy atom. The van der Waals surface area contributed by atoms with E-state index in [1.165, 1.54) is 5.56 Å². The van der Waals surface area contributed by atoms with Gasteiger partial charge >= 0.3 is 0 Å². The highest BCUT2D eigenvalue weighted by Gasteiger charge is 1.82. The van der Waals surface area contributed by atoms with Gasteiger partial charge in [0.05, 0.1) is 0 Å². The molecule has 1 rings (SSSR count). The maximum Gasteiger partial charge on any atom is 0.00890 e. The smallest absolute Gasteiger partial charge is 0.00890 e. The van der Waals surface area contributed by atoms with Crippen molar-refractivity contribution in [2.45, 2.75) is 19.3 Å². The van der Waals surface area contributed by atoms with Gasteiger partial charge in [-0.1, -0.05) is 42.5 Å². The molecule has 0 heteroatoms. The van der Waals surface area contributed by atoms with Crippen molar-refractivity contribution in [2.24, 2.45) is 0 Å². The molecule has 0 saturated carbocycles. The molecule has 0 radical (unpaired) electrons. The molecule has 0 atom stereocenters. The Hall–Kier alpha value is -1.48. The highest BCUT2D eigenvalue weighted by atomic mass is 13.9. The van der Waals surface area contributed by atoms with E-state index in [-0.39, 0.29) is 0 Å². The Morgan fingerprint density at radius 2 is 2.00 bits per heavy atom. The van der Waals surface area contributed by atoms with Crippen LogP contribution in [0.1, 0.15) is 24.8 Å². The molecule has 0 N–H and O–H groups in total. The molecule has 1 aromatic carbocycles. The van der Waals surface area contributed by atoms with Gasteiger partial charge in [0.2, 0.25) is 0 Å². The molecule has 66 valence electrons. The average molecular weight is 170 g/mol. The fourth-order valence-electron chi connectivity index (χ4n) is 1.11. The van der Waals surface area contributed by atoms with E-state index < -0.39 is 0 Å². The molecule has 13 heavy (non-hydrogen) atoms. The summed E-state index contributed by atoms with van der Waals surface area (Å²) < 4.78 is 0. The van der Waals surface area contributed by atoms with Gasteiger partial charge in [0.15, 0.2) is 0 Å². The van der Waals surface area contributed by atoms with Gasteiger partial charge in [0.25, 0.3) is 0 Å². The predicted molar refractivity (Wildman–Crippen MR) is 58.2 cm³/mol. The Morgan fingerprint density at radius 3 is 2.69 bits per heavy atom. The first-order valence-electron chi connectivity index (χ1n) is 4.58. The molecule has 0 bridgehead atoms. The Kier molecular flexibility index (Phi) is 4.49. The lowest BCUT2D eigenvalue weighted by Gasteiger charge is -1.91. The zero-order valence-electron chi connectivity index (χ0n) is 7.74. The topological polar surface area (TPSA) is 0 Å². The molecule has 0 unspecified atom stereocenters. The van der Waals surface area contributed by atoms with Gasteiger partial charge < -0.3 is 0 Å². The predicted octanol–water partition coefficient (Wildman–Crippen LogP) is 3.50. The van der Waals surface area contributed by atoms with Gasteiger partial charge in [-0.05, 0) is 18.4 Å². The van der Waals surface area contributed by atoms with E-state index in [0.717, 1.165) is 19.3 Å².